The van der Waals surface area contributed by atoms with Gasteiger partial charge in [-0.2, -0.15) is 5.10 Å². The highest BCUT2D eigenvalue weighted by molar-refractivity contribution is 5.94. The van der Waals surface area contributed by atoms with Gasteiger partial charge in [0.05, 0.1) is 11.3 Å². The van der Waals surface area contributed by atoms with Gasteiger partial charge in [0, 0.05) is 24.7 Å². The van der Waals surface area contributed by atoms with Crippen molar-refractivity contribution in [2.75, 3.05) is 6.61 Å². The fraction of sp³-hybridized carbons (Fsp3) is 0.579. The maximum absolute atomic E-state index is 12.2. The van der Waals surface area contributed by atoms with Crippen LogP contribution in [0.5, 0.6) is 0 Å². The van der Waals surface area contributed by atoms with E-state index in [1.165, 1.54) is 25.5 Å². The highest BCUT2D eigenvalue weighted by Gasteiger charge is 2.17. The molecule has 2 heterocycles. The number of nitrogens with zero attached hydrogens (tertiary/aromatic N) is 3. The second kappa shape index (κ2) is 8.29. The summed E-state index contributed by atoms with van der Waals surface area (Å²) in [6.07, 6.45) is 9.48. The van der Waals surface area contributed by atoms with Gasteiger partial charge in [0.25, 0.3) is 5.91 Å². The summed E-state index contributed by atoms with van der Waals surface area (Å²) in [6, 6.07) is 1.90. The van der Waals surface area contributed by atoms with Crippen molar-refractivity contribution in [1.82, 2.24) is 20.1 Å². The summed E-state index contributed by atoms with van der Waals surface area (Å²) >= 11 is 0. The smallest absolute Gasteiger partial charge is 0.340 e. The Balaban J connectivity index is 1.54. The minimum Gasteiger partial charge on any atom is -0.452 e. The Morgan fingerprint density at radius 1 is 1.23 bits per heavy atom. The molecule has 1 N–H and O–H groups in total. The number of nitrogens with one attached hydrogen (secondary N) is 1. The molecule has 0 spiro atoms. The molecule has 1 aliphatic rings. The molecule has 140 valence electrons. The lowest BCUT2D eigenvalue weighted by Gasteiger charge is -2.20. The molecule has 0 aliphatic heterocycles. The molecule has 7 heteroatoms. The Morgan fingerprint density at radius 3 is 2.65 bits per heavy atom. The molecule has 0 radical (unpaired) electrons. The lowest BCUT2D eigenvalue weighted by atomic mass is 9.97. The lowest BCUT2D eigenvalue weighted by molar-refractivity contribution is -0.125. The maximum atomic E-state index is 12.2. The van der Waals surface area contributed by atoms with Crippen LogP contribution in [0.4, 0.5) is 0 Å². The topological polar surface area (TPSA) is 86.1 Å². The number of carbonyl (C=O) groups is 2. The summed E-state index contributed by atoms with van der Waals surface area (Å²) in [7, 11) is 1.81. The van der Waals surface area contributed by atoms with Gasteiger partial charge in [0.1, 0.15) is 0 Å². The molecular weight excluding hydrogens is 332 g/mol. The van der Waals surface area contributed by atoms with Crippen molar-refractivity contribution in [2.24, 2.45) is 7.05 Å². The Hall–Kier alpha value is -2.44. The van der Waals surface area contributed by atoms with E-state index in [1.807, 2.05) is 6.92 Å². The minimum atomic E-state index is -0.546. The zero-order chi connectivity index (χ0) is 18.5. The number of amides is 1. The first-order valence-corrected chi connectivity index (χ1v) is 9.30. The van der Waals surface area contributed by atoms with Crippen LogP contribution in [0.1, 0.15) is 61.0 Å². The predicted molar refractivity (Wildman–Crippen MR) is 97.8 cm³/mol. The van der Waals surface area contributed by atoms with E-state index in [9.17, 15) is 9.59 Å². The third kappa shape index (κ3) is 4.39. The number of hydrogen-bond donors (Lipinski definition) is 1. The number of hydrogen-bond acceptors (Lipinski definition) is 5. The molecule has 1 saturated carbocycles. The molecule has 0 saturated heterocycles. The van der Waals surface area contributed by atoms with E-state index in [4.69, 9.17) is 4.74 Å². The molecule has 2 aromatic rings. The van der Waals surface area contributed by atoms with Crippen LogP contribution < -0.4 is 5.32 Å². The van der Waals surface area contributed by atoms with Crippen molar-refractivity contribution in [3.05, 3.63) is 23.5 Å². The lowest BCUT2D eigenvalue weighted by Crippen LogP contribution is -2.38. The summed E-state index contributed by atoms with van der Waals surface area (Å²) in [5.41, 5.74) is 1.83. The standard InChI is InChI=1S/C19H26N4O3/c1-13-16-10-14(11-20-18(16)23(2)22-13)19(25)26-12-17(24)21-15-8-6-4-3-5-7-9-15/h10-11,15H,3-9,12H2,1-2H3,(H,21,24). The highest BCUT2D eigenvalue weighted by Crippen LogP contribution is 2.18. The number of pyridine rings is 1. The third-order valence-corrected chi connectivity index (χ3v) is 4.90. The van der Waals surface area contributed by atoms with Crippen LogP contribution in [0.25, 0.3) is 11.0 Å². The van der Waals surface area contributed by atoms with Gasteiger partial charge in [0.2, 0.25) is 0 Å². The van der Waals surface area contributed by atoms with Gasteiger partial charge in [0.15, 0.2) is 12.3 Å². The molecule has 1 aliphatic carbocycles. The average Bonchev–Trinajstić information content (AvgIpc) is 2.89. The summed E-state index contributed by atoms with van der Waals surface area (Å²) in [5, 5.41) is 8.08. The van der Waals surface area contributed by atoms with Crippen molar-refractivity contribution in [1.29, 1.82) is 0 Å². The molecule has 7 nitrogen and oxygen atoms in total. The van der Waals surface area contributed by atoms with Crippen molar-refractivity contribution < 1.29 is 14.3 Å². The van der Waals surface area contributed by atoms with Crippen LogP contribution >= 0.6 is 0 Å². The molecule has 0 atom stereocenters. The normalized spacial score (nSPS) is 16.1. The largest absolute Gasteiger partial charge is 0.452 e. The number of esters is 1. The van der Waals surface area contributed by atoms with Crippen molar-refractivity contribution >= 4 is 22.9 Å². The first-order valence-electron chi connectivity index (χ1n) is 9.30. The number of carbonyl (C=O) groups excluding carboxylic acids is 2. The van der Waals surface area contributed by atoms with E-state index in [0.717, 1.165) is 36.8 Å². The average molecular weight is 358 g/mol. The number of aryl methyl sites for hydroxylation is 2. The zero-order valence-corrected chi connectivity index (χ0v) is 15.5. The summed E-state index contributed by atoms with van der Waals surface area (Å²) in [5.74, 6) is -0.786. The van der Waals surface area contributed by atoms with E-state index in [-0.39, 0.29) is 18.6 Å². The summed E-state index contributed by atoms with van der Waals surface area (Å²) < 4.78 is 6.83. The Kier molecular flexibility index (Phi) is 5.85. The molecule has 1 fully saturated rings. The maximum Gasteiger partial charge on any atom is 0.340 e. The van der Waals surface area contributed by atoms with Crippen molar-refractivity contribution in [2.45, 2.75) is 57.9 Å². The van der Waals surface area contributed by atoms with Crippen LogP contribution in [0.2, 0.25) is 0 Å². The monoisotopic (exact) mass is 358 g/mol. The van der Waals surface area contributed by atoms with Gasteiger partial charge >= 0.3 is 5.97 Å². The van der Waals surface area contributed by atoms with Gasteiger partial charge in [-0.1, -0.05) is 32.1 Å². The SMILES string of the molecule is Cc1nn(C)c2ncc(C(=O)OCC(=O)NC3CCCCCCC3)cc12. The van der Waals surface area contributed by atoms with Crippen LogP contribution in [0.15, 0.2) is 12.3 Å². The Bertz CT molecular complexity index is 791. The quantitative estimate of drug-likeness (QED) is 0.849. The van der Waals surface area contributed by atoms with Gasteiger partial charge in [-0.3, -0.25) is 9.48 Å². The van der Waals surface area contributed by atoms with Gasteiger partial charge in [-0.05, 0) is 25.8 Å². The van der Waals surface area contributed by atoms with E-state index < -0.39 is 5.97 Å². The number of fused-ring (bicyclic) bond motifs is 1. The second-order valence-electron chi connectivity index (χ2n) is 6.99. The molecule has 0 aromatic carbocycles. The molecule has 0 bridgehead atoms. The van der Waals surface area contributed by atoms with E-state index in [2.05, 4.69) is 15.4 Å². The number of rotatable bonds is 4. The third-order valence-electron chi connectivity index (χ3n) is 4.90. The number of aromatic nitrogens is 3. The molecule has 3 rings (SSSR count). The van der Waals surface area contributed by atoms with E-state index in [1.54, 1.807) is 17.8 Å². The van der Waals surface area contributed by atoms with Crippen LogP contribution in [0, 0.1) is 6.92 Å². The van der Waals surface area contributed by atoms with Crippen LogP contribution in [-0.4, -0.2) is 39.3 Å². The molecule has 1 amide bonds. The second-order valence-corrected chi connectivity index (χ2v) is 6.99. The first-order chi connectivity index (χ1) is 12.5. The van der Waals surface area contributed by atoms with Gasteiger partial charge in [-0.25, -0.2) is 9.78 Å². The van der Waals surface area contributed by atoms with Crippen molar-refractivity contribution in [3.8, 4) is 0 Å². The number of ether oxygens (including phenoxy) is 1. The summed E-state index contributed by atoms with van der Waals surface area (Å²) in [6.45, 7) is 1.60. The zero-order valence-electron chi connectivity index (χ0n) is 15.5. The summed E-state index contributed by atoms with van der Waals surface area (Å²) in [4.78, 5) is 28.6. The fourth-order valence-electron chi connectivity index (χ4n) is 3.50. The molecular formula is C19H26N4O3. The highest BCUT2D eigenvalue weighted by atomic mass is 16.5. The van der Waals surface area contributed by atoms with Gasteiger partial charge < -0.3 is 10.1 Å². The molecule has 0 unspecified atom stereocenters. The van der Waals surface area contributed by atoms with Crippen LogP contribution in [0.3, 0.4) is 0 Å². The van der Waals surface area contributed by atoms with E-state index in [0.29, 0.717) is 11.2 Å². The minimum absolute atomic E-state index is 0.192. The Labute approximate surface area is 153 Å². The molecule has 2 aromatic heterocycles. The fourth-order valence-corrected chi connectivity index (χ4v) is 3.50. The molecule has 26 heavy (non-hydrogen) atoms. The Morgan fingerprint density at radius 2 is 1.92 bits per heavy atom. The van der Waals surface area contributed by atoms with Gasteiger partial charge in [-0.15, -0.1) is 0 Å². The van der Waals surface area contributed by atoms with Crippen LogP contribution in [-0.2, 0) is 16.6 Å². The van der Waals surface area contributed by atoms with E-state index >= 15 is 0 Å². The van der Waals surface area contributed by atoms with Crippen molar-refractivity contribution in [3.63, 3.8) is 0 Å². The first kappa shape index (κ1) is 18.4. The predicted octanol–water partition coefficient (Wildman–Crippen LogP) is 2.66.